The molecule has 2 heterocycles. The molecule has 0 atom stereocenters. The molecular weight excluding hydrogens is 439 g/mol. The van der Waals surface area contributed by atoms with Crippen LogP contribution in [0.5, 0.6) is 0 Å². The van der Waals surface area contributed by atoms with Crippen LogP contribution in [0.4, 0.5) is 13.2 Å². The normalized spacial score (nSPS) is 12.2. The summed E-state index contributed by atoms with van der Waals surface area (Å²) in [6.45, 7) is 2.38. The van der Waals surface area contributed by atoms with Gasteiger partial charge in [-0.25, -0.2) is 13.1 Å². The molecule has 0 aliphatic heterocycles. The molecule has 5 nitrogen and oxygen atoms in total. The SMILES string of the molecule is Cc1cc(-n2ccc(S(=O)(=O)c3ccccc3C(F)(F)F)c2)n(CCc2ccccc2)n1. The lowest BCUT2D eigenvalue weighted by Crippen LogP contribution is -2.13. The molecule has 0 unspecified atom stereocenters. The van der Waals surface area contributed by atoms with Gasteiger partial charge in [0.2, 0.25) is 9.84 Å². The van der Waals surface area contributed by atoms with Crippen molar-refractivity contribution in [1.29, 1.82) is 0 Å². The third-order valence-electron chi connectivity index (χ3n) is 5.06. The minimum Gasteiger partial charge on any atom is -0.307 e. The Balaban J connectivity index is 1.67. The van der Waals surface area contributed by atoms with E-state index in [1.54, 1.807) is 15.3 Å². The third-order valence-corrected chi connectivity index (χ3v) is 6.86. The highest BCUT2D eigenvalue weighted by molar-refractivity contribution is 7.91. The minimum atomic E-state index is -4.78. The van der Waals surface area contributed by atoms with E-state index in [0.717, 1.165) is 29.8 Å². The van der Waals surface area contributed by atoms with E-state index in [-0.39, 0.29) is 4.90 Å². The van der Waals surface area contributed by atoms with E-state index in [1.165, 1.54) is 30.6 Å². The van der Waals surface area contributed by atoms with Crippen molar-refractivity contribution in [3.63, 3.8) is 0 Å². The third kappa shape index (κ3) is 4.34. The highest BCUT2D eigenvalue weighted by Gasteiger charge is 2.37. The van der Waals surface area contributed by atoms with Gasteiger partial charge in [0.25, 0.3) is 0 Å². The molecule has 0 radical (unpaired) electrons. The lowest BCUT2D eigenvalue weighted by atomic mass is 10.1. The number of hydrogen-bond acceptors (Lipinski definition) is 3. The molecule has 2 aromatic carbocycles. The van der Waals surface area contributed by atoms with Crippen LogP contribution in [0.3, 0.4) is 0 Å². The fourth-order valence-electron chi connectivity index (χ4n) is 3.52. The largest absolute Gasteiger partial charge is 0.417 e. The van der Waals surface area contributed by atoms with Crippen molar-refractivity contribution in [2.45, 2.75) is 35.9 Å². The summed E-state index contributed by atoms with van der Waals surface area (Å²) in [5.74, 6) is 0.629. The number of aromatic nitrogens is 3. The monoisotopic (exact) mass is 459 g/mol. The van der Waals surface area contributed by atoms with Crippen LogP contribution in [0.25, 0.3) is 5.82 Å². The fraction of sp³-hybridized carbons (Fsp3) is 0.174. The highest BCUT2D eigenvalue weighted by atomic mass is 32.2. The van der Waals surface area contributed by atoms with Gasteiger partial charge in [-0.1, -0.05) is 42.5 Å². The Kier molecular flexibility index (Phi) is 5.68. The molecule has 0 aliphatic carbocycles. The summed E-state index contributed by atoms with van der Waals surface area (Å²) in [4.78, 5) is -0.985. The van der Waals surface area contributed by atoms with Gasteiger partial charge in [-0.3, -0.25) is 0 Å². The van der Waals surface area contributed by atoms with Crippen molar-refractivity contribution in [2.75, 3.05) is 0 Å². The first-order valence-electron chi connectivity index (χ1n) is 9.84. The smallest absolute Gasteiger partial charge is 0.307 e. The standard InChI is InChI=1S/C23H20F3N3O2S/c1-17-15-22(29(27-17)14-11-18-7-3-2-4-8-18)28-13-12-19(16-28)32(30,31)21-10-6-5-9-20(21)23(24,25)26/h2-10,12-13,15-16H,11,14H2,1H3. The second kappa shape index (κ2) is 8.31. The molecule has 0 fully saturated rings. The van der Waals surface area contributed by atoms with Gasteiger partial charge < -0.3 is 4.57 Å². The van der Waals surface area contributed by atoms with Crippen molar-refractivity contribution in [1.82, 2.24) is 14.3 Å². The molecule has 0 bridgehead atoms. The Hall–Kier alpha value is -3.33. The molecule has 0 saturated carbocycles. The number of hydrogen-bond donors (Lipinski definition) is 0. The lowest BCUT2D eigenvalue weighted by molar-refractivity contribution is -0.139. The van der Waals surface area contributed by atoms with Gasteiger partial charge in [0.1, 0.15) is 5.82 Å². The summed E-state index contributed by atoms with van der Waals surface area (Å²) in [5.41, 5.74) is 0.691. The predicted molar refractivity (Wildman–Crippen MR) is 113 cm³/mol. The number of aryl methyl sites for hydroxylation is 3. The molecule has 0 saturated heterocycles. The molecule has 9 heteroatoms. The summed E-state index contributed by atoms with van der Waals surface area (Å²) in [7, 11) is -4.37. The summed E-state index contributed by atoms with van der Waals surface area (Å²) < 4.78 is 69.4. The second-order valence-electron chi connectivity index (χ2n) is 7.35. The molecule has 32 heavy (non-hydrogen) atoms. The summed E-state index contributed by atoms with van der Waals surface area (Å²) >= 11 is 0. The molecule has 0 spiro atoms. The highest BCUT2D eigenvalue weighted by Crippen LogP contribution is 2.36. The number of halogens is 3. The molecule has 0 amide bonds. The summed E-state index contributed by atoms with van der Waals surface area (Å²) in [5, 5.41) is 4.48. The number of alkyl halides is 3. The van der Waals surface area contributed by atoms with Gasteiger partial charge >= 0.3 is 6.18 Å². The van der Waals surface area contributed by atoms with Crippen molar-refractivity contribution in [3.05, 3.63) is 95.9 Å². The molecule has 0 aliphatic rings. The maximum atomic E-state index is 13.4. The minimum absolute atomic E-state index is 0.220. The average Bonchev–Trinajstić information content (AvgIpc) is 3.39. The van der Waals surface area contributed by atoms with Crippen molar-refractivity contribution in [2.24, 2.45) is 0 Å². The number of benzene rings is 2. The summed E-state index contributed by atoms with van der Waals surface area (Å²) in [6.07, 6.45) is -1.23. The van der Waals surface area contributed by atoms with E-state index in [4.69, 9.17) is 0 Å². The average molecular weight is 459 g/mol. The van der Waals surface area contributed by atoms with Gasteiger partial charge in [-0.15, -0.1) is 0 Å². The Bertz CT molecular complexity index is 1340. The van der Waals surface area contributed by atoms with Crippen LogP contribution in [0.2, 0.25) is 0 Å². The number of nitrogens with zero attached hydrogens (tertiary/aromatic N) is 3. The van der Waals surface area contributed by atoms with Crippen LogP contribution < -0.4 is 0 Å². The predicted octanol–water partition coefficient (Wildman–Crippen LogP) is 5.08. The maximum Gasteiger partial charge on any atom is 0.417 e. The topological polar surface area (TPSA) is 56.9 Å². The first-order chi connectivity index (χ1) is 15.2. The Morgan fingerprint density at radius 1 is 0.969 bits per heavy atom. The van der Waals surface area contributed by atoms with E-state index in [1.807, 2.05) is 37.3 Å². The molecular formula is C23H20F3N3O2S. The second-order valence-corrected chi connectivity index (χ2v) is 9.27. The van der Waals surface area contributed by atoms with E-state index in [2.05, 4.69) is 5.10 Å². The van der Waals surface area contributed by atoms with Crippen LogP contribution in [0.15, 0.2) is 88.9 Å². The van der Waals surface area contributed by atoms with Gasteiger partial charge in [0.05, 0.1) is 21.0 Å². The van der Waals surface area contributed by atoms with Crippen LogP contribution in [0, 0.1) is 6.92 Å². The molecule has 4 aromatic rings. The Morgan fingerprint density at radius 3 is 2.38 bits per heavy atom. The first kappa shape index (κ1) is 21.9. The molecule has 166 valence electrons. The zero-order chi connectivity index (χ0) is 22.9. The van der Waals surface area contributed by atoms with Gasteiger partial charge in [-0.2, -0.15) is 18.3 Å². The van der Waals surface area contributed by atoms with Crippen LogP contribution in [0.1, 0.15) is 16.8 Å². The number of sulfone groups is 1. The quantitative estimate of drug-likeness (QED) is 0.404. The van der Waals surface area contributed by atoms with Gasteiger partial charge in [0.15, 0.2) is 0 Å². The van der Waals surface area contributed by atoms with Crippen molar-refractivity contribution < 1.29 is 21.6 Å². The Morgan fingerprint density at radius 2 is 1.66 bits per heavy atom. The van der Waals surface area contributed by atoms with Crippen LogP contribution in [-0.4, -0.2) is 22.8 Å². The van der Waals surface area contributed by atoms with E-state index in [0.29, 0.717) is 12.4 Å². The van der Waals surface area contributed by atoms with Crippen LogP contribution >= 0.6 is 0 Å². The maximum absolute atomic E-state index is 13.4. The Labute approximate surface area is 183 Å². The molecule has 2 aromatic heterocycles. The van der Waals surface area contributed by atoms with Crippen molar-refractivity contribution in [3.8, 4) is 5.82 Å². The van der Waals surface area contributed by atoms with E-state index in [9.17, 15) is 21.6 Å². The number of rotatable bonds is 6. The summed E-state index contributed by atoms with van der Waals surface area (Å²) in [6, 6.07) is 17.1. The molecule has 4 rings (SSSR count). The van der Waals surface area contributed by atoms with Gasteiger partial charge in [-0.05, 0) is 37.1 Å². The zero-order valence-electron chi connectivity index (χ0n) is 17.1. The van der Waals surface area contributed by atoms with Gasteiger partial charge in [0, 0.05) is 25.0 Å². The zero-order valence-corrected chi connectivity index (χ0v) is 17.9. The van der Waals surface area contributed by atoms with E-state index < -0.39 is 26.5 Å². The van der Waals surface area contributed by atoms with Crippen LogP contribution in [-0.2, 0) is 29.0 Å². The van der Waals surface area contributed by atoms with E-state index >= 15 is 0 Å². The van der Waals surface area contributed by atoms with Crippen molar-refractivity contribution >= 4 is 9.84 Å². The fourth-order valence-corrected chi connectivity index (χ4v) is 5.00. The lowest BCUT2D eigenvalue weighted by Gasteiger charge is -2.12. The first-order valence-corrected chi connectivity index (χ1v) is 11.3. The molecule has 0 N–H and O–H groups in total.